The molecule has 5 aromatic rings. The number of hydrogen-bond donors (Lipinski definition) is 0. The zero-order valence-corrected chi connectivity index (χ0v) is 38.1. The van der Waals surface area contributed by atoms with E-state index in [-0.39, 0.29) is 28.4 Å². The van der Waals surface area contributed by atoms with Crippen molar-refractivity contribution in [3.05, 3.63) is 123 Å². The molecule has 0 unspecified atom stereocenters. The lowest BCUT2D eigenvalue weighted by molar-refractivity contribution is 0.569. The van der Waals surface area contributed by atoms with Gasteiger partial charge in [0.25, 0.3) is 6.71 Å². The van der Waals surface area contributed by atoms with Crippen LogP contribution in [-0.4, -0.2) is 6.71 Å². The van der Waals surface area contributed by atoms with Crippen molar-refractivity contribution in [1.29, 1.82) is 0 Å². The molecule has 2 aliphatic carbocycles. The average molecular weight is 767 g/mol. The molecular formula is C55H67BN2. The van der Waals surface area contributed by atoms with E-state index in [9.17, 15) is 0 Å². The van der Waals surface area contributed by atoms with Crippen LogP contribution in [-0.2, 0) is 47.3 Å². The molecule has 0 saturated heterocycles. The first-order chi connectivity index (χ1) is 27.2. The van der Waals surface area contributed by atoms with Gasteiger partial charge in [0.1, 0.15) is 0 Å². The molecule has 0 amide bonds. The predicted molar refractivity (Wildman–Crippen MR) is 253 cm³/mol. The van der Waals surface area contributed by atoms with E-state index in [1.54, 1.807) is 22.3 Å². The Morgan fingerprint density at radius 2 is 0.862 bits per heavy atom. The third kappa shape index (κ3) is 6.45. The van der Waals surface area contributed by atoms with Gasteiger partial charge < -0.3 is 9.80 Å². The van der Waals surface area contributed by atoms with E-state index in [0.717, 1.165) is 0 Å². The summed E-state index contributed by atoms with van der Waals surface area (Å²) >= 11 is 0. The summed E-state index contributed by atoms with van der Waals surface area (Å²) in [6.07, 6.45) is 9.87. The molecule has 4 aliphatic rings. The van der Waals surface area contributed by atoms with Gasteiger partial charge in [-0.3, -0.25) is 0 Å². The van der Waals surface area contributed by atoms with E-state index in [1.165, 1.54) is 130 Å². The fourth-order valence-corrected chi connectivity index (χ4v) is 10.6. The molecule has 300 valence electrons. The van der Waals surface area contributed by atoms with Gasteiger partial charge in [-0.05, 0) is 183 Å². The summed E-state index contributed by atoms with van der Waals surface area (Å²) in [5, 5.41) is 0. The van der Waals surface area contributed by atoms with Gasteiger partial charge in [-0.2, -0.15) is 0 Å². The van der Waals surface area contributed by atoms with Crippen LogP contribution in [0.2, 0.25) is 0 Å². The Labute approximate surface area is 351 Å². The lowest BCUT2D eigenvalue weighted by Gasteiger charge is -2.46. The van der Waals surface area contributed by atoms with E-state index >= 15 is 0 Å². The van der Waals surface area contributed by atoms with Crippen molar-refractivity contribution in [3.8, 4) is 0 Å². The Morgan fingerprint density at radius 3 is 1.33 bits per heavy atom. The van der Waals surface area contributed by atoms with Crippen molar-refractivity contribution in [2.45, 2.75) is 163 Å². The van der Waals surface area contributed by atoms with Crippen molar-refractivity contribution < 1.29 is 0 Å². The fraction of sp³-hybridized carbons (Fsp3) is 0.455. The van der Waals surface area contributed by atoms with E-state index in [2.05, 4.69) is 173 Å². The highest BCUT2D eigenvalue weighted by molar-refractivity contribution is 7.00. The molecule has 0 bridgehead atoms. The second kappa shape index (κ2) is 13.4. The Kier molecular flexibility index (Phi) is 9.06. The minimum atomic E-state index is 0.00243. The maximum absolute atomic E-state index is 2.82. The summed E-state index contributed by atoms with van der Waals surface area (Å²) in [7, 11) is 0. The molecule has 2 heterocycles. The van der Waals surface area contributed by atoms with Crippen molar-refractivity contribution >= 4 is 57.2 Å². The predicted octanol–water partition coefficient (Wildman–Crippen LogP) is 13.0. The topological polar surface area (TPSA) is 6.48 Å². The maximum atomic E-state index is 2.82. The zero-order valence-electron chi connectivity index (χ0n) is 38.1. The molecule has 5 aromatic carbocycles. The number of nitrogens with zero attached hydrogens (tertiary/aromatic N) is 2. The van der Waals surface area contributed by atoms with Gasteiger partial charge in [0, 0.05) is 28.4 Å². The Bertz CT molecular complexity index is 2410. The van der Waals surface area contributed by atoms with Gasteiger partial charge in [0.15, 0.2) is 0 Å². The Morgan fingerprint density at radius 1 is 0.431 bits per heavy atom. The van der Waals surface area contributed by atoms with E-state index < -0.39 is 0 Å². The molecule has 0 N–H and O–H groups in total. The second-order valence-electron chi connectivity index (χ2n) is 22.6. The van der Waals surface area contributed by atoms with Crippen molar-refractivity contribution in [1.82, 2.24) is 0 Å². The van der Waals surface area contributed by atoms with Crippen LogP contribution >= 0.6 is 0 Å². The largest absolute Gasteiger partial charge is 0.311 e. The van der Waals surface area contributed by atoms with E-state index in [4.69, 9.17) is 0 Å². The minimum Gasteiger partial charge on any atom is -0.311 e. The third-order valence-corrected chi connectivity index (χ3v) is 14.0. The van der Waals surface area contributed by atoms with Gasteiger partial charge in [-0.25, -0.2) is 0 Å². The first kappa shape index (κ1) is 39.2. The van der Waals surface area contributed by atoms with Gasteiger partial charge in [0.05, 0.1) is 5.69 Å². The number of fused-ring (bicyclic) bond motifs is 6. The fourth-order valence-electron chi connectivity index (χ4n) is 10.6. The molecule has 0 spiro atoms. The average Bonchev–Trinajstić information content (AvgIpc) is 3.15. The van der Waals surface area contributed by atoms with Crippen LogP contribution in [0.25, 0.3) is 0 Å². The molecule has 3 heteroatoms. The Hall–Kier alpha value is -4.24. The van der Waals surface area contributed by atoms with Gasteiger partial charge in [0.2, 0.25) is 0 Å². The quantitative estimate of drug-likeness (QED) is 0.162. The monoisotopic (exact) mass is 767 g/mol. The van der Waals surface area contributed by atoms with E-state index in [1.807, 2.05) is 0 Å². The number of hydrogen-bond acceptors (Lipinski definition) is 2. The molecule has 0 aromatic heterocycles. The van der Waals surface area contributed by atoms with Crippen molar-refractivity contribution in [3.63, 3.8) is 0 Å². The van der Waals surface area contributed by atoms with Gasteiger partial charge >= 0.3 is 0 Å². The zero-order chi connectivity index (χ0) is 41.3. The van der Waals surface area contributed by atoms with Crippen LogP contribution in [0.15, 0.2) is 72.8 Å². The molecular weight excluding hydrogens is 699 g/mol. The first-order valence-electron chi connectivity index (χ1n) is 22.6. The van der Waals surface area contributed by atoms with Crippen LogP contribution in [0, 0.1) is 6.92 Å². The molecule has 0 fully saturated rings. The standard InChI is InChI=1S/C55H67BN2/c1-34-26-48-50-49(27-34)58(51-42-20-16-14-18-35(42)28-36-19-15-17-21-43(36)51)47-33-38(53(5,6)7)23-25-45(47)56(50)44-24-22-37(52(2,3)4)32-46(44)57(48)41-30-39(54(8,9)10)29-40(31-41)55(11,12)13/h22-33H,14-21H2,1-13H3. The Balaban J connectivity index is 1.42. The maximum Gasteiger partial charge on any atom is 0.252 e. The summed E-state index contributed by atoms with van der Waals surface area (Å²) in [6, 6.07) is 30.2. The SMILES string of the molecule is Cc1cc2c3c(c1)N(c1c4c(cc5c1CCCC5)CCCC4)c1cc(C(C)(C)C)ccc1B3c1ccc(C(C)(C)C)cc1N2c1cc(C(C)(C)C)cc(C(C)(C)C)c1. The lowest BCUT2D eigenvalue weighted by Crippen LogP contribution is -2.61. The lowest BCUT2D eigenvalue weighted by atomic mass is 9.33. The number of anilines is 6. The van der Waals surface area contributed by atoms with Crippen LogP contribution in [0.4, 0.5) is 34.1 Å². The smallest absolute Gasteiger partial charge is 0.252 e. The van der Waals surface area contributed by atoms with Crippen LogP contribution < -0.4 is 26.2 Å². The van der Waals surface area contributed by atoms with Crippen LogP contribution in [0.5, 0.6) is 0 Å². The summed E-state index contributed by atoms with van der Waals surface area (Å²) in [5.74, 6) is 0. The van der Waals surface area contributed by atoms with Gasteiger partial charge in [-0.15, -0.1) is 0 Å². The van der Waals surface area contributed by atoms with Crippen molar-refractivity contribution in [2.24, 2.45) is 0 Å². The highest BCUT2D eigenvalue weighted by atomic mass is 15.2. The summed E-state index contributed by atoms with van der Waals surface area (Å²) in [5.41, 5.74) is 25.9. The van der Waals surface area contributed by atoms with Crippen LogP contribution in [0.1, 0.15) is 159 Å². The molecule has 0 saturated carbocycles. The molecule has 9 rings (SSSR count). The highest BCUT2D eigenvalue weighted by Crippen LogP contribution is 2.50. The van der Waals surface area contributed by atoms with E-state index in [0.29, 0.717) is 0 Å². The summed E-state index contributed by atoms with van der Waals surface area (Å²) in [6.45, 7) is 30.9. The number of aryl methyl sites for hydroxylation is 3. The number of rotatable bonds is 2. The molecule has 58 heavy (non-hydrogen) atoms. The molecule has 2 aliphatic heterocycles. The van der Waals surface area contributed by atoms with Crippen molar-refractivity contribution in [2.75, 3.05) is 9.80 Å². The summed E-state index contributed by atoms with van der Waals surface area (Å²) in [4.78, 5) is 5.50. The third-order valence-electron chi connectivity index (χ3n) is 14.0. The summed E-state index contributed by atoms with van der Waals surface area (Å²) < 4.78 is 0. The van der Waals surface area contributed by atoms with Crippen LogP contribution in [0.3, 0.4) is 0 Å². The normalized spacial score (nSPS) is 16.4. The molecule has 0 radical (unpaired) electrons. The molecule has 2 nitrogen and oxygen atoms in total. The highest BCUT2D eigenvalue weighted by Gasteiger charge is 2.45. The second-order valence-corrected chi connectivity index (χ2v) is 22.6. The molecule has 0 atom stereocenters. The number of benzene rings is 5. The first-order valence-corrected chi connectivity index (χ1v) is 22.6. The van der Waals surface area contributed by atoms with Gasteiger partial charge in [-0.1, -0.05) is 119 Å². The minimum absolute atomic E-state index is 0.00243.